The summed E-state index contributed by atoms with van der Waals surface area (Å²) in [6, 6.07) is 5.49. The summed E-state index contributed by atoms with van der Waals surface area (Å²) in [6.45, 7) is 3.62. The number of benzene rings is 1. The Hall–Kier alpha value is -1.91. The fraction of sp³-hybridized carbons (Fsp3) is 0.385. The minimum Gasteiger partial charge on any atom is -0.465 e. The van der Waals surface area contributed by atoms with Crippen LogP contribution in [0, 0.1) is 5.82 Å². The molecule has 0 unspecified atom stereocenters. The van der Waals surface area contributed by atoms with Gasteiger partial charge in [0.15, 0.2) is 0 Å². The zero-order valence-corrected chi connectivity index (χ0v) is 10.4. The Balaban J connectivity index is 2.72. The highest BCUT2D eigenvalue weighted by atomic mass is 19.1. The van der Waals surface area contributed by atoms with Crippen LogP contribution in [0.15, 0.2) is 24.3 Å². The highest BCUT2D eigenvalue weighted by molar-refractivity contribution is 5.74. The molecule has 0 aliphatic heterocycles. The molecule has 1 aromatic carbocycles. The lowest BCUT2D eigenvalue weighted by atomic mass is 10.1. The number of esters is 1. The number of nitrogens with zero attached hydrogens (tertiary/aromatic N) is 1. The van der Waals surface area contributed by atoms with Gasteiger partial charge >= 0.3 is 5.97 Å². The van der Waals surface area contributed by atoms with E-state index >= 15 is 0 Å². The third kappa shape index (κ3) is 3.84. The maximum atomic E-state index is 12.8. The van der Waals surface area contributed by atoms with Gasteiger partial charge in [0.25, 0.3) is 0 Å². The molecule has 1 rings (SSSR count). The van der Waals surface area contributed by atoms with Crippen LogP contribution < -0.4 is 0 Å². The van der Waals surface area contributed by atoms with Crippen LogP contribution in [-0.2, 0) is 14.3 Å². The van der Waals surface area contributed by atoms with Crippen molar-refractivity contribution in [2.75, 3.05) is 13.2 Å². The molecule has 0 heterocycles. The average Bonchev–Trinajstić information content (AvgIpc) is 2.36. The first-order valence-corrected chi connectivity index (χ1v) is 5.70. The predicted octanol–water partition coefficient (Wildman–Crippen LogP) is 1.91. The first-order chi connectivity index (χ1) is 8.58. The number of halogens is 1. The van der Waals surface area contributed by atoms with Crippen molar-refractivity contribution in [1.82, 2.24) is 4.90 Å². The Morgan fingerprint density at radius 3 is 2.56 bits per heavy atom. The van der Waals surface area contributed by atoms with E-state index in [1.54, 1.807) is 26.0 Å². The Labute approximate surface area is 105 Å². The van der Waals surface area contributed by atoms with Crippen LogP contribution in [0.5, 0.6) is 0 Å². The van der Waals surface area contributed by atoms with Crippen LogP contribution in [0.3, 0.4) is 0 Å². The number of ether oxygens (including phenoxy) is 1. The summed E-state index contributed by atoms with van der Waals surface area (Å²) in [5.74, 6) is -0.799. The quantitative estimate of drug-likeness (QED) is 0.574. The summed E-state index contributed by atoms with van der Waals surface area (Å²) in [6.07, 6.45) is 0.588. The Kier molecular flexibility index (Phi) is 5.30. The van der Waals surface area contributed by atoms with Gasteiger partial charge in [-0.1, -0.05) is 12.1 Å². The smallest absolute Gasteiger partial charge is 0.325 e. The Morgan fingerprint density at radius 1 is 1.44 bits per heavy atom. The molecule has 18 heavy (non-hydrogen) atoms. The highest BCUT2D eigenvalue weighted by Gasteiger charge is 2.17. The third-order valence-electron chi connectivity index (χ3n) is 2.60. The van der Waals surface area contributed by atoms with E-state index < -0.39 is 5.97 Å². The van der Waals surface area contributed by atoms with Crippen LogP contribution in [-0.4, -0.2) is 30.4 Å². The molecular formula is C13H16FNO3. The summed E-state index contributed by atoms with van der Waals surface area (Å²) in [5, 5.41) is 0. The van der Waals surface area contributed by atoms with Crippen LogP contribution in [0.2, 0.25) is 0 Å². The Bertz CT molecular complexity index is 405. The van der Waals surface area contributed by atoms with Gasteiger partial charge in [-0.3, -0.25) is 9.59 Å². The molecule has 0 aromatic heterocycles. The lowest BCUT2D eigenvalue weighted by Gasteiger charge is -2.24. The second kappa shape index (κ2) is 6.74. The van der Waals surface area contributed by atoms with Crippen molar-refractivity contribution in [2.45, 2.75) is 19.9 Å². The maximum Gasteiger partial charge on any atom is 0.325 e. The van der Waals surface area contributed by atoms with Crippen molar-refractivity contribution in [3.05, 3.63) is 35.6 Å². The van der Waals surface area contributed by atoms with Crippen LogP contribution >= 0.6 is 0 Å². The van der Waals surface area contributed by atoms with E-state index in [0.717, 1.165) is 5.56 Å². The molecule has 1 amide bonds. The molecule has 0 aliphatic rings. The fourth-order valence-electron chi connectivity index (χ4n) is 1.55. The van der Waals surface area contributed by atoms with Gasteiger partial charge in [0.05, 0.1) is 12.6 Å². The van der Waals surface area contributed by atoms with E-state index in [9.17, 15) is 14.0 Å². The summed E-state index contributed by atoms with van der Waals surface area (Å²) >= 11 is 0. The van der Waals surface area contributed by atoms with Crippen molar-refractivity contribution < 1.29 is 18.7 Å². The SMILES string of the molecule is CCOC(=O)CN(C=O)[C@H](C)c1ccc(F)cc1. The van der Waals surface area contributed by atoms with Crippen molar-refractivity contribution in [3.8, 4) is 0 Å². The predicted molar refractivity (Wildman–Crippen MR) is 64.2 cm³/mol. The summed E-state index contributed by atoms with van der Waals surface area (Å²) in [7, 11) is 0. The van der Waals surface area contributed by atoms with Gasteiger partial charge in [0.2, 0.25) is 6.41 Å². The van der Waals surface area contributed by atoms with Gasteiger partial charge in [-0.25, -0.2) is 4.39 Å². The topological polar surface area (TPSA) is 46.6 Å². The number of hydrogen-bond acceptors (Lipinski definition) is 3. The summed E-state index contributed by atoms with van der Waals surface area (Å²) in [4.78, 5) is 23.6. The number of amides is 1. The molecule has 1 atom stereocenters. The zero-order chi connectivity index (χ0) is 13.5. The lowest BCUT2D eigenvalue weighted by Crippen LogP contribution is -2.32. The zero-order valence-electron chi connectivity index (χ0n) is 10.4. The largest absolute Gasteiger partial charge is 0.465 e. The van der Waals surface area contributed by atoms with Crippen LogP contribution in [0.1, 0.15) is 25.5 Å². The number of hydrogen-bond donors (Lipinski definition) is 0. The molecule has 0 saturated carbocycles. The third-order valence-corrected chi connectivity index (χ3v) is 2.60. The van der Waals surface area contributed by atoms with E-state index in [-0.39, 0.29) is 25.0 Å². The van der Waals surface area contributed by atoms with Gasteiger partial charge in [-0.15, -0.1) is 0 Å². The molecule has 98 valence electrons. The molecule has 0 aliphatic carbocycles. The Morgan fingerprint density at radius 2 is 2.06 bits per heavy atom. The van der Waals surface area contributed by atoms with Gasteiger partial charge < -0.3 is 9.64 Å². The lowest BCUT2D eigenvalue weighted by molar-refractivity contribution is -0.147. The van der Waals surface area contributed by atoms with Gasteiger partial charge in [-0.2, -0.15) is 0 Å². The second-order valence-electron chi connectivity index (χ2n) is 3.81. The summed E-state index contributed by atoms with van der Waals surface area (Å²) in [5.41, 5.74) is 0.757. The fourth-order valence-corrected chi connectivity index (χ4v) is 1.55. The molecule has 4 nitrogen and oxygen atoms in total. The first kappa shape index (κ1) is 14.2. The highest BCUT2D eigenvalue weighted by Crippen LogP contribution is 2.18. The van der Waals surface area contributed by atoms with E-state index in [2.05, 4.69) is 0 Å². The molecule has 0 bridgehead atoms. The monoisotopic (exact) mass is 253 g/mol. The van der Waals surface area contributed by atoms with Crippen molar-refractivity contribution in [3.63, 3.8) is 0 Å². The van der Waals surface area contributed by atoms with E-state index in [0.29, 0.717) is 6.41 Å². The minimum absolute atomic E-state index is 0.115. The number of rotatable bonds is 6. The molecule has 5 heteroatoms. The molecule has 0 fully saturated rings. The number of carbonyl (C=O) groups excluding carboxylic acids is 2. The summed E-state index contributed by atoms with van der Waals surface area (Å²) < 4.78 is 17.6. The molecule has 0 saturated heterocycles. The van der Waals surface area contributed by atoms with Crippen LogP contribution in [0.25, 0.3) is 0 Å². The molecule has 0 spiro atoms. The van der Waals surface area contributed by atoms with Crippen molar-refractivity contribution >= 4 is 12.4 Å². The molecule has 1 aromatic rings. The van der Waals surface area contributed by atoms with Crippen molar-refractivity contribution in [2.24, 2.45) is 0 Å². The molecule has 0 N–H and O–H groups in total. The van der Waals surface area contributed by atoms with Gasteiger partial charge in [0.1, 0.15) is 12.4 Å². The van der Waals surface area contributed by atoms with Crippen molar-refractivity contribution in [1.29, 1.82) is 0 Å². The first-order valence-electron chi connectivity index (χ1n) is 5.70. The van der Waals surface area contributed by atoms with Crippen LogP contribution in [0.4, 0.5) is 4.39 Å². The maximum absolute atomic E-state index is 12.8. The normalized spacial score (nSPS) is 11.7. The average molecular weight is 253 g/mol. The standard InChI is InChI=1S/C13H16FNO3/c1-3-18-13(17)8-15(9-16)10(2)11-4-6-12(14)7-5-11/h4-7,9-10H,3,8H2,1-2H3/t10-/m1/s1. The minimum atomic E-state index is -0.460. The van der Waals surface area contributed by atoms with E-state index in [1.165, 1.54) is 17.0 Å². The second-order valence-corrected chi connectivity index (χ2v) is 3.81. The van der Waals surface area contributed by atoms with Gasteiger partial charge in [-0.05, 0) is 31.5 Å². The van der Waals surface area contributed by atoms with E-state index in [4.69, 9.17) is 4.74 Å². The van der Waals surface area contributed by atoms with E-state index in [1.807, 2.05) is 0 Å². The molecule has 0 radical (unpaired) electrons. The molecular weight excluding hydrogens is 237 g/mol. The number of carbonyl (C=O) groups is 2. The van der Waals surface area contributed by atoms with Gasteiger partial charge in [0, 0.05) is 0 Å².